The van der Waals surface area contributed by atoms with Gasteiger partial charge in [-0.1, -0.05) is 6.92 Å². The van der Waals surface area contributed by atoms with Crippen molar-refractivity contribution in [2.45, 2.75) is 32.9 Å². The molecule has 1 atom stereocenters. The second-order valence-electron chi connectivity index (χ2n) is 4.56. The van der Waals surface area contributed by atoms with Crippen molar-refractivity contribution in [3.8, 4) is 0 Å². The molecule has 1 aromatic heterocycles. The van der Waals surface area contributed by atoms with E-state index in [0.717, 1.165) is 6.42 Å². The van der Waals surface area contributed by atoms with E-state index in [9.17, 15) is 22.1 Å². The molecule has 10 heteroatoms. The summed E-state index contributed by atoms with van der Waals surface area (Å²) in [5, 5.41) is 0. The molecule has 1 heterocycles. The summed E-state index contributed by atoms with van der Waals surface area (Å²) < 4.78 is 53.1. The number of aryl methyl sites for hydroxylation is 1. The summed E-state index contributed by atoms with van der Waals surface area (Å²) in [6.45, 7) is 5.07. The standard InChI is InChI=1S/C12H21N2O3.BF4/c1-4-11(2)16-7-8-17-12(15)9-14-6-5-13(3)10-14;2-1(3,4)5/h5-6,10-11H,4,7-9H2,1-3H3;/q+1;-1. The zero-order valence-electron chi connectivity index (χ0n) is 12.8. The predicted molar refractivity (Wildman–Crippen MR) is 72.5 cm³/mol. The number of nitrogens with zero attached hydrogens (tertiary/aromatic N) is 2. The fourth-order valence-corrected chi connectivity index (χ4v) is 1.31. The molecule has 1 aromatic rings. The molecule has 0 aliphatic carbocycles. The molecule has 0 fully saturated rings. The second-order valence-corrected chi connectivity index (χ2v) is 4.56. The van der Waals surface area contributed by atoms with Crippen LogP contribution in [0.25, 0.3) is 0 Å². The molecular formula is C12H21BF4N2O3. The van der Waals surface area contributed by atoms with Gasteiger partial charge in [0.05, 0.1) is 19.8 Å². The third-order valence-electron chi connectivity index (χ3n) is 2.46. The van der Waals surface area contributed by atoms with Gasteiger partial charge in [0, 0.05) is 0 Å². The van der Waals surface area contributed by atoms with Gasteiger partial charge in [-0.3, -0.25) is 0 Å². The molecule has 0 aliphatic heterocycles. The number of imidazole rings is 1. The third-order valence-corrected chi connectivity index (χ3v) is 2.46. The maximum absolute atomic E-state index is 11.4. The van der Waals surface area contributed by atoms with Crippen molar-refractivity contribution >= 4 is 13.2 Å². The van der Waals surface area contributed by atoms with Gasteiger partial charge in [-0.05, 0) is 13.3 Å². The van der Waals surface area contributed by atoms with Gasteiger partial charge >= 0.3 is 13.2 Å². The van der Waals surface area contributed by atoms with Crippen molar-refractivity contribution in [3.05, 3.63) is 18.7 Å². The van der Waals surface area contributed by atoms with E-state index in [2.05, 4.69) is 6.92 Å². The van der Waals surface area contributed by atoms with E-state index in [4.69, 9.17) is 9.47 Å². The van der Waals surface area contributed by atoms with E-state index < -0.39 is 7.25 Å². The van der Waals surface area contributed by atoms with Crippen LogP contribution in [0.4, 0.5) is 17.3 Å². The van der Waals surface area contributed by atoms with Gasteiger partial charge in [0.2, 0.25) is 6.33 Å². The minimum Gasteiger partial charge on any atom is -0.460 e. The van der Waals surface area contributed by atoms with Crippen LogP contribution >= 0.6 is 0 Å². The maximum atomic E-state index is 11.4. The summed E-state index contributed by atoms with van der Waals surface area (Å²) in [7, 11) is -4.10. The zero-order valence-corrected chi connectivity index (χ0v) is 12.8. The van der Waals surface area contributed by atoms with E-state index in [0.29, 0.717) is 13.2 Å². The van der Waals surface area contributed by atoms with Crippen molar-refractivity contribution in [1.29, 1.82) is 0 Å². The quantitative estimate of drug-likeness (QED) is 0.253. The minimum atomic E-state index is -6.00. The summed E-state index contributed by atoms with van der Waals surface area (Å²) in [5.74, 6) is -0.242. The Hall–Kier alpha value is -1.58. The number of carbonyl (C=O) groups is 1. The normalized spacial score (nSPS) is 12.3. The molecule has 5 nitrogen and oxygen atoms in total. The van der Waals surface area contributed by atoms with Gasteiger partial charge in [0.25, 0.3) is 0 Å². The molecule has 0 aliphatic rings. The van der Waals surface area contributed by atoms with Crippen LogP contribution in [-0.4, -0.2) is 37.1 Å². The summed E-state index contributed by atoms with van der Waals surface area (Å²) in [5.41, 5.74) is 0. The maximum Gasteiger partial charge on any atom is 0.673 e. The summed E-state index contributed by atoms with van der Waals surface area (Å²) >= 11 is 0. The Morgan fingerprint density at radius 1 is 1.32 bits per heavy atom. The van der Waals surface area contributed by atoms with Gasteiger partial charge in [0.15, 0.2) is 6.54 Å². The number of halogens is 4. The van der Waals surface area contributed by atoms with Crippen LogP contribution in [0.3, 0.4) is 0 Å². The fourth-order valence-electron chi connectivity index (χ4n) is 1.31. The van der Waals surface area contributed by atoms with Crippen molar-refractivity contribution in [2.75, 3.05) is 13.2 Å². The van der Waals surface area contributed by atoms with Crippen LogP contribution in [0.1, 0.15) is 20.3 Å². The summed E-state index contributed by atoms with van der Waals surface area (Å²) in [6.07, 6.45) is 6.72. The lowest BCUT2D eigenvalue weighted by Crippen LogP contribution is -2.24. The molecule has 128 valence electrons. The van der Waals surface area contributed by atoms with E-state index in [1.54, 1.807) is 4.57 Å². The monoisotopic (exact) mass is 328 g/mol. The SMILES string of the molecule is CCC(C)OCCOC(=O)Cn1cc[n+](C)c1.F[B-](F)(F)F. The lowest BCUT2D eigenvalue weighted by Gasteiger charge is -2.10. The highest BCUT2D eigenvalue weighted by atomic mass is 19.5. The van der Waals surface area contributed by atoms with Gasteiger partial charge < -0.3 is 26.7 Å². The van der Waals surface area contributed by atoms with Gasteiger partial charge in [0.1, 0.15) is 19.0 Å². The first kappa shape index (κ1) is 20.4. The van der Waals surface area contributed by atoms with Crippen LogP contribution in [0.2, 0.25) is 0 Å². The zero-order chi connectivity index (χ0) is 17.2. The van der Waals surface area contributed by atoms with Gasteiger partial charge in [-0.25, -0.2) is 13.9 Å². The Labute approximate surface area is 126 Å². The molecule has 0 N–H and O–H groups in total. The number of hydrogen-bond donors (Lipinski definition) is 0. The van der Waals surface area contributed by atoms with Crippen molar-refractivity contribution in [2.24, 2.45) is 7.05 Å². The Bertz CT molecular complexity index is 434. The largest absolute Gasteiger partial charge is 0.673 e. The average molecular weight is 328 g/mol. The smallest absolute Gasteiger partial charge is 0.460 e. The summed E-state index contributed by atoms with van der Waals surface area (Å²) in [6, 6.07) is 0. The minimum absolute atomic E-state index is 0.220. The molecule has 0 bridgehead atoms. The van der Waals surface area contributed by atoms with Crippen molar-refractivity contribution in [1.82, 2.24) is 4.57 Å². The molecule has 0 saturated heterocycles. The van der Waals surface area contributed by atoms with E-state index >= 15 is 0 Å². The third kappa shape index (κ3) is 13.4. The number of rotatable bonds is 7. The van der Waals surface area contributed by atoms with Crippen LogP contribution in [-0.2, 0) is 27.9 Å². The fraction of sp³-hybridized carbons (Fsp3) is 0.667. The molecule has 0 saturated carbocycles. The number of aromatic nitrogens is 2. The first-order valence-electron chi connectivity index (χ1n) is 6.77. The first-order valence-corrected chi connectivity index (χ1v) is 6.77. The lowest BCUT2D eigenvalue weighted by molar-refractivity contribution is -0.671. The Morgan fingerprint density at radius 2 is 1.91 bits per heavy atom. The second kappa shape index (κ2) is 10.2. The molecule has 0 spiro atoms. The highest BCUT2D eigenvalue weighted by Crippen LogP contribution is 2.06. The molecular weight excluding hydrogens is 307 g/mol. The highest BCUT2D eigenvalue weighted by Gasteiger charge is 2.20. The molecule has 0 amide bonds. The lowest BCUT2D eigenvalue weighted by atomic mass is 10.3. The van der Waals surface area contributed by atoms with Crippen LogP contribution in [0.5, 0.6) is 0 Å². The number of carbonyl (C=O) groups excluding carboxylic acids is 1. The van der Waals surface area contributed by atoms with Crippen LogP contribution in [0, 0.1) is 0 Å². The molecule has 1 unspecified atom stereocenters. The topological polar surface area (TPSA) is 44.3 Å². The van der Waals surface area contributed by atoms with Gasteiger partial charge in [-0.2, -0.15) is 0 Å². The molecule has 0 radical (unpaired) electrons. The van der Waals surface area contributed by atoms with Crippen LogP contribution < -0.4 is 4.57 Å². The number of esters is 1. The van der Waals surface area contributed by atoms with E-state index in [1.165, 1.54) is 0 Å². The predicted octanol–water partition coefficient (Wildman–Crippen LogP) is 1.97. The molecule has 22 heavy (non-hydrogen) atoms. The van der Waals surface area contributed by atoms with Gasteiger partial charge in [-0.15, -0.1) is 0 Å². The molecule has 1 rings (SSSR count). The Morgan fingerprint density at radius 3 is 2.36 bits per heavy atom. The van der Waals surface area contributed by atoms with Crippen molar-refractivity contribution in [3.63, 3.8) is 0 Å². The molecule has 0 aromatic carbocycles. The highest BCUT2D eigenvalue weighted by molar-refractivity contribution is 6.50. The Kier molecular flexibility index (Phi) is 9.47. The average Bonchev–Trinajstić information content (AvgIpc) is 2.77. The Balaban J connectivity index is 0.000000763. The van der Waals surface area contributed by atoms with Crippen molar-refractivity contribution < 1.29 is 36.1 Å². The van der Waals surface area contributed by atoms with Crippen LogP contribution in [0.15, 0.2) is 18.7 Å². The number of hydrogen-bond acceptors (Lipinski definition) is 3. The van der Waals surface area contributed by atoms with E-state index in [1.807, 2.05) is 37.3 Å². The summed E-state index contributed by atoms with van der Waals surface area (Å²) in [4.78, 5) is 11.4. The first-order chi connectivity index (χ1) is 10.1. The van der Waals surface area contributed by atoms with E-state index in [-0.39, 0.29) is 18.6 Å². The number of ether oxygens (including phenoxy) is 2.